The standard InChI is InChI=1S/C13H27N3O/c1-13(14,11-17)5-9-15-6-3-8-16-7-2-4-12(16)10-15/h12,17H,2-11,14H2,1H3. The summed E-state index contributed by atoms with van der Waals surface area (Å²) in [5, 5.41) is 9.18. The van der Waals surface area contributed by atoms with Gasteiger partial charge in [-0.05, 0) is 52.2 Å². The van der Waals surface area contributed by atoms with Crippen LogP contribution in [0, 0.1) is 0 Å². The van der Waals surface area contributed by atoms with E-state index in [4.69, 9.17) is 5.73 Å². The maximum Gasteiger partial charge on any atom is 0.0608 e. The summed E-state index contributed by atoms with van der Waals surface area (Å²) < 4.78 is 0. The molecule has 0 aromatic carbocycles. The zero-order chi connectivity index (χ0) is 12.3. The van der Waals surface area contributed by atoms with Crippen molar-refractivity contribution in [1.82, 2.24) is 9.80 Å². The molecule has 2 aliphatic heterocycles. The molecule has 3 N–H and O–H groups in total. The molecule has 0 aliphatic carbocycles. The normalized spacial score (nSPS) is 30.9. The number of hydrogen-bond acceptors (Lipinski definition) is 4. The van der Waals surface area contributed by atoms with E-state index < -0.39 is 5.54 Å². The molecule has 100 valence electrons. The van der Waals surface area contributed by atoms with Crippen LogP contribution < -0.4 is 5.73 Å². The fraction of sp³-hybridized carbons (Fsp3) is 1.00. The third-order valence-electron chi connectivity index (χ3n) is 4.25. The molecule has 2 aliphatic rings. The number of nitrogens with zero attached hydrogens (tertiary/aromatic N) is 2. The van der Waals surface area contributed by atoms with Crippen molar-refractivity contribution in [1.29, 1.82) is 0 Å². The second-order valence-corrected chi connectivity index (χ2v) is 6.05. The lowest BCUT2D eigenvalue weighted by Gasteiger charge is -2.29. The van der Waals surface area contributed by atoms with Crippen LogP contribution in [0.5, 0.6) is 0 Å². The van der Waals surface area contributed by atoms with Crippen LogP contribution in [0.1, 0.15) is 32.6 Å². The zero-order valence-corrected chi connectivity index (χ0v) is 11.1. The Morgan fingerprint density at radius 1 is 1.29 bits per heavy atom. The second-order valence-electron chi connectivity index (χ2n) is 6.05. The van der Waals surface area contributed by atoms with Gasteiger partial charge in [0.15, 0.2) is 0 Å². The van der Waals surface area contributed by atoms with Gasteiger partial charge in [0, 0.05) is 24.7 Å². The SMILES string of the molecule is CC(N)(CO)CCN1CCCN2CCCC2C1. The smallest absolute Gasteiger partial charge is 0.0608 e. The molecule has 0 amide bonds. The van der Waals surface area contributed by atoms with Crippen LogP contribution in [0.4, 0.5) is 0 Å². The van der Waals surface area contributed by atoms with E-state index in [2.05, 4.69) is 9.80 Å². The molecule has 2 saturated heterocycles. The van der Waals surface area contributed by atoms with Gasteiger partial charge in [0.1, 0.15) is 0 Å². The van der Waals surface area contributed by atoms with Crippen molar-refractivity contribution >= 4 is 0 Å². The summed E-state index contributed by atoms with van der Waals surface area (Å²) in [5.74, 6) is 0. The lowest BCUT2D eigenvalue weighted by atomic mass is 10.0. The Morgan fingerprint density at radius 2 is 2.06 bits per heavy atom. The molecule has 2 heterocycles. The third kappa shape index (κ3) is 3.65. The lowest BCUT2D eigenvalue weighted by molar-refractivity contribution is 0.167. The highest BCUT2D eigenvalue weighted by Gasteiger charge is 2.29. The third-order valence-corrected chi connectivity index (χ3v) is 4.25. The molecule has 17 heavy (non-hydrogen) atoms. The molecule has 0 spiro atoms. The number of aliphatic hydroxyl groups excluding tert-OH is 1. The highest BCUT2D eigenvalue weighted by Crippen LogP contribution is 2.21. The van der Waals surface area contributed by atoms with Crippen molar-refractivity contribution in [3.8, 4) is 0 Å². The summed E-state index contributed by atoms with van der Waals surface area (Å²) in [5.41, 5.74) is 5.58. The van der Waals surface area contributed by atoms with Crippen molar-refractivity contribution in [3.05, 3.63) is 0 Å². The first-order valence-electron chi connectivity index (χ1n) is 6.97. The summed E-state index contributed by atoms with van der Waals surface area (Å²) in [7, 11) is 0. The first-order valence-corrected chi connectivity index (χ1v) is 6.97. The van der Waals surface area contributed by atoms with Crippen molar-refractivity contribution in [2.45, 2.75) is 44.2 Å². The topological polar surface area (TPSA) is 52.7 Å². The molecule has 2 unspecified atom stereocenters. The van der Waals surface area contributed by atoms with Crippen molar-refractivity contribution in [3.63, 3.8) is 0 Å². The summed E-state index contributed by atoms with van der Waals surface area (Å²) in [6, 6.07) is 0.774. The van der Waals surface area contributed by atoms with E-state index in [1.165, 1.54) is 45.4 Å². The summed E-state index contributed by atoms with van der Waals surface area (Å²) >= 11 is 0. The zero-order valence-electron chi connectivity index (χ0n) is 11.1. The molecule has 2 fully saturated rings. The molecule has 0 radical (unpaired) electrons. The highest BCUT2D eigenvalue weighted by atomic mass is 16.3. The van der Waals surface area contributed by atoms with E-state index in [9.17, 15) is 5.11 Å². The fourth-order valence-corrected chi connectivity index (χ4v) is 2.98. The predicted octanol–water partition coefficient (Wildman–Crippen LogP) is 0.256. The van der Waals surface area contributed by atoms with Gasteiger partial charge in [-0.25, -0.2) is 0 Å². The van der Waals surface area contributed by atoms with Gasteiger partial charge in [-0.1, -0.05) is 0 Å². The Bertz CT molecular complexity index is 245. The minimum Gasteiger partial charge on any atom is -0.394 e. The van der Waals surface area contributed by atoms with E-state index >= 15 is 0 Å². The molecule has 0 aromatic rings. The number of aliphatic hydroxyl groups is 1. The molecule has 4 heteroatoms. The number of nitrogens with two attached hydrogens (primary N) is 1. The van der Waals surface area contributed by atoms with Crippen LogP contribution in [0.3, 0.4) is 0 Å². The van der Waals surface area contributed by atoms with Gasteiger partial charge in [-0.3, -0.25) is 4.90 Å². The van der Waals surface area contributed by atoms with Crippen LogP contribution in [0.25, 0.3) is 0 Å². The molecule has 0 saturated carbocycles. The second kappa shape index (κ2) is 5.65. The molecular weight excluding hydrogens is 214 g/mol. The Kier molecular flexibility index (Phi) is 4.42. The summed E-state index contributed by atoms with van der Waals surface area (Å²) in [4.78, 5) is 5.18. The maximum atomic E-state index is 9.18. The Labute approximate surface area is 105 Å². The van der Waals surface area contributed by atoms with Gasteiger partial charge in [-0.2, -0.15) is 0 Å². The van der Waals surface area contributed by atoms with E-state index in [1.807, 2.05) is 6.92 Å². The van der Waals surface area contributed by atoms with Crippen LogP contribution in [0.2, 0.25) is 0 Å². The van der Waals surface area contributed by atoms with Gasteiger partial charge in [0.25, 0.3) is 0 Å². The fourth-order valence-electron chi connectivity index (χ4n) is 2.98. The number of hydrogen-bond donors (Lipinski definition) is 2. The maximum absolute atomic E-state index is 9.18. The van der Waals surface area contributed by atoms with Gasteiger partial charge >= 0.3 is 0 Å². The molecular formula is C13H27N3O. The van der Waals surface area contributed by atoms with Crippen LogP contribution >= 0.6 is 0 Å². The predicted molar refractivity (Wildman–Crippen MR) is 69.9 cm³/mol. The Morgan fingerprint density at radius 3 is 2.82 bits per heavy atom. The Hall–Kier alpha value is -0.160. The van der Waals surface area contributed by atoms with Crippen molar-refractivity contribution < 1.29 is 5.11 Å². The average molecular weight is 241 g/mol. The average Bonchev–Trinajstić information content (AvgIpc) is 2.65. The summed E-state index contributed by atoms with van der Waals surface area (Å²) in [6.07, 6.45) is 4.88. The van der Waals surface area contributed by atoms with Crippen molar-refractivity contribution in [2.75, 3.05) is 39.3 Å². The van der Waals surface area contributed by atoms with Crippen LogP contribution in [0.15, 0.2) is 0 Å². The monoisotopic (exact) mass is 241 g/mol. The van der Waals surface area contributed by atoms with E-state index in [-0.39, 0.29) is 6.61 Å². The van der Waals surface area contributed by atoms with Gasteiger partial charge in [0.05, 0.1) is 6.61 Å². The molecule has 2 rings (SSSR count). The van der Waals surface area contributed by atoms with E-state index in [1.54, 1.807) is 0 Å². The quantitative estimate of drug-likeness (QED) is 0.741. The van der Waals surface area contributed by atoms with E-state index in [0.717, 1.165) is 19.0 Å². The lowest BCUT2D eigenvalue weighted by Crippen LogP contribution is -2.45. The minimum absolute atomic E-state index is 0.0798. The first-order chi connectivity index (χ1) is 8.11. The molecule has 2 atom stereocenters. The number of rotatable bonds is 4. The van der Waals surface area contributed by atoms with Crippen LogP contribution in [-0.4, -0.2) is 65.8 Å². The van der Waals surface area contributed by atoms with Crippen molar-refractivity contribution in [2.24, 2.45) is 5.73 Å². The van der Waals surface area contributed by atoms with Gasteiger partial charge < -0.3 is 15.7 Å². The summed E-state index contributed by atoms with van der Waals surface area (Å²) in [6.45, 7) is 7.99. The van der Waals surface area contributed by atoms with Crippen LogP contribution in [-0.2, 0) is 0 Å². The van der Waals surface area contributed by atoms with E-state index in [0.29, 0.717) is 0 Å². The molecule has 0 aromatic heterocycles. The molecule has 4 nitrogen and oxygen atoms in total. The first kappa shape index (κ1) is 13.3. The van der Waals surface area contributed by atoms with Gasteiger partial charge in [-0.15, -0.1) is 0 Å². The minimum atomic E-state index is -0.415. The Balaban J connectivity index is 1.80. The van der Waals surface area contributed by atoms with Gasteiger partial charge in [0.2, 0.25) is 0 Å². The molecule has 0 bridgehead atoms. The highest BCUT2D eigenvalue weighted by molar-refractivity contribution is 4.86. The number of fused-ring (bicyclic) bond motifs is 1. The largest absolute Gasteiger partial charge is 0.394 e.